The molecule has 0 radical (unpaired) electrons. The molecule has 1 aliphatic rings. The van der Waals surface area contributed by atoms with Crippen LogP contribution in [-0.4, -0.2) is 54.4 Å². The number of benzene rings is 1. The fourth-order valence-corrected chi connectivity index (χ4v) is 3.94. The second-order valence-electron chi connectivity index (χ2n) is 5.39. The largest absolute Gasteiger partial charge is 0.480 e. The predicted octanol–water partition coefficient (Wildman–Crippen LogP) is 0.766. The van der Waals surface area contributed by atoms with E-state index in [-0.39, 0.29) is 29.0 Å². The molecule has 0 spiro atoms. The van der Waals surface area contributed by atoms with Crippen LogP contribution in [0, 0.1) is 19.7 Å². The summed E-state index contributed by atoms with van der Waals surface area (Å²) in [5.41, 5.74) is 0.710. The van der Waals surface area contributed by atoms with Crippen LogP contribution in [0.25, 0.3) is 0 Å². The van der Waals surface area contributed by atoms with Gasteiger partial charge in [-0.2, -0.15) is 0 Å². The van der Waals surface area contributed by atoms with Crippen molar-refractivity contribution in [1.29, 1.82) is 0 Å². The molecule has 1 unspecified atom stereocenters. The first kappa shape index (κ1) is 16.4. The molecule has 1 N–H and O–H groups in total. The molecule has 1 saturated heterocycles. The molecule has 0 bridgehead atoms. The Kier molecular flexibility index (Phi) is 4.23. The van der Waals surface area contributed by atoms with E-state index >= 15 is 0 Å². The molecule has 0 aliphatic carbocycles. The summed E-state index contributed by atoms with van der Waals surface area (Å²) in [4.78, 5) is 24.8. The second kappa shape index (κ2) is 5.68. The molecule has 1 aromatic rings. The molecule has 6 nitrogen and oxygen atoms in total. The van der Waals surface area contributed by atoms with Crippen LogP contribution in [0.1, 0.15) is 21.5 Å². The molecule has 8 heteroatoms. The lowest BCUT2D eigenvalue weighted by atomic mass is 10.0. The smallest absolute Gasteiger partial charge is 0.327 e. The fraction of sp³-hybridized carbons (Fsp3) is 0.429. The predicted molar refractivity (Wildman–Crippen MR) is 77.0 cm³/mol. The van der Waals surface area contributed by atoms with Gasteiger partial charge in [-0.1, -0.05) is 0 Å². The Balaban J connectivity index is 2.37. The normalized spacial score (nSPS) is 20.7. The number of hydrogen-bond donors (Lipinski definition) is 1. The van der Waals surface area contributed by atoms with Crippen molar-refractivity contribution in [3.05, 3.63) is 34.6 Å². The van der Waals surface area contributed by atoms with Crippen LogP contribution in [0.3, 0.4) is 0 Å². The Morgan fingerprint density at radius 2 is 1.82 bits per heavy atom. The van der Waals surface area contributed by atoms with E-state index in [0.29, 0.717) is 0 Å². The summed E-state index contributed by atoms with van der Waals surface area (Å²) >= 11 is 0. The van der Waals surface area contributed by atoms with Gasteiger partial charge in [0, 0.05) is 12.1 Å². The zero-order chi connectivity index (χ0) is 16.7. The third-order valence-electron chi connectivity index (χ3n) is 3.66. The van der Waals surface area contributed by atoms with E-state index < -0.39 is 39.3 Å². The van der Waals surface area contributed by atoms with Crippen LogP contribution < -0.4 is 0 Å². The summed E-state index contributed by atoms with van der Waals surface area (Å²) < 4.78 is 36.8. The first-order chi connectivity index (χ1) is 10.1. The molecule has 1 atom stereocenters. The maximum absolute atomic E-state index is 13.6. The molecular weight excluding hydrogens is 313 g/mol. The Morgan fingerprint density at radius 3 is 2.32 bits per heavy atom. The van der Waals surface area contributed by atoms with Gasteiger partial charge in [-0.25, -0.2) is 17.6 Å². The average molecular weight is 329 g/mol. The van der Waals surface area contributed by atoms with Gasteiger partial charge in [-0.15, -0.1) is 0 Å². The highest BCUT2D eigenvalue weighted by molar-refractivity contribution is 7.91. The number of aryl methyl sites for hydroxylation is 2. The Morgan fingerprint density at radius 1 is 1.27 bits per heavy atom. The van der Waals surface area contributed by atoms with Gasteiger partial charge in [-0.3, -0.25) is 4.79 Å². The van der Waals surface area contributed by atoms with E-state index in [1.807, 2.05) is 0 Å². The highest BCUT2D eigenvalue weighted by atomic mass is 32.2. The Bertz CT molecular complexity index is 721. The molecule has 120 valence electrons. The maximum atomic E-state index is 13.6. The summed E-state index contributed by atoms with van der Waals surface area (Å²) in [5, 5.41) is 9.17. The maximum Gasteiger partial charge on any atom is 0.327 e. The fourth-order valence-electron chi connectivity index (χ4n) is 2.49. The summed E-state index contributed by atoms with van der Waals surface area (Å²) in [6, 6.07) is 1.26. The van der Waals surface area contributed by atoms with Gasteiger partial charge in [0.25, 0.3) is 5.91 Å². The number of carbonyl (C=O) groups is 2. The number of amides is 1. The number of hydrogen-bond acceptors (Lipinski definition) is 4. The van der Waals surface area contributed by atoms with E-state index in [9.17, 15) is 27.5 Å². The topological polar surface area (TPSA) is 91.8 Å². The minimum atomic E-state index is -3.48. The summed E-state index contributed by atoms with van der Waals surface area (Å²) in [7, 11) is -3.48. The number of aliphatic carboxylic acids is 1. The monoisotopic (exact) mass is 329 g/mol. The summed E-state index contributed by atoms with van der Waals surface area (Å²) in [5.74, 6) is -3.28. The van der Waals surface area contributed by atoms with Crippen LogP contribution in [0.5, 0.6) is 0 Å². The van der Waals surface area contributed by atoms with E-state index in [1.54, 1.807) is 0 Å². The molecule has 1 heterocycles. The molecule has 22 heavy (non-hydrogen) atoms. The van der Waals surface area contributed by atoms with Crippen molar-refractivity contribution in [2.45, 2.75) is 19.9 Å². The number of nitrogens with zero attached hydrogens (tertiary/aromatic N) is 1. The number of rotatable bonds is 2. The number of halogens is 1. The van der Waals surface area contributed by atoms with E-state index in [2.05, 4.69) is 0 Å². The van der Waals surface area contributed by atoms with Crippen molar-refractivity contribution in [2.24, 2.45) is 0 Å². The molecule has 0 saturated carbocycles. The van der Waals surface area contributed by atoms with Crippen molar-refractivity contribution in [1.82, 2.24) is 4.90 Å². The molecule has 1 aromatic carbocycles. The Hall–Kier alpha value is -1.96. The number of carbonyl (C=O) groups excluding carboxylic acids is 1. The van der Waals surface area contributed by atoms with Crippen LogP contribution in [-0.2, 0) is 14.6 Å². The Labute approximate surface area is 127 Å². The number of carboxylic acid groups (broad SMARTS) is 1. The van der Waals surface area contributed by atoms with Crippen molar-refractivity contribution in [3.8, 4) is 0 Å². The zero-order valence-corrected chi connectivity index (χ0v) is 13.0. The lowest BCUT2D eigenvalue weighted by molar-refractivity contribution is -0.141. The van der Waals surface area contributed by atoms with Crippen LogP contribution >= 0.6 is 0 Å². The third kappa shape index (κ3) is 3.11. The standard InChI is InChI=1S/C14H16FNO5S/c1-8-5-10(6-9(2)12(8)15)13(17)16-3-4-22(20,21)7-11(16)14(18)19/h5-6,11H,3-4,7H2,1-2H3,(H,18,19). The molecule has 1 amide bonds. The summed E-state index contributed by atoms with van der Waals surface area (Å²) in [6.07, 6.45) is 0. The SMILES string of the molecule is Cc1cc(C(=O)N2CCS(=O)(=O)CC2C(=O)O)cc(C)c1F. The minimum Gasteiger partial charge on any atom is -0.480 e. The minimum absolute atomic E-state index is 0.155. The van der Waals surface area contributed by atoms with Gasteiger partial charge in [0.15, 0.2) is 9.84 Å². The van der Waals surface area contributed by atoms with Gasteiger partial charge >= 0.3 is 5.97 Å². The quantitative estimate of drug-likeness (QED) is 0.865. The molecular formula is C14H16FNO5S. The lowest BCUT2D eigenvalue weighted by Crippen LogP contribution is -2.54. The molecule has 0 aromatic heterocycles. The van der Waals surface area contributed by atoms with Crippen LogP contribution in [0.4, 0.5) is 4.39 Å². The van der Waals surface area contributed by atoms with Gasteiger partial charge in [0.05, 0.1) is 11.5 Å². The van der Waals surface area contributed by atoms with Gasteiger partial charge < -0.3 is 10.0 Å². The number of carboxylic acids is 1. The first-order valence-corrected chi connectivity index (χ1v) is 8.45. The van der Waals surface area contributed by atoms with Crippen molar-refractivity contribution in [3.63, 3.8) is 0 Å². The second-order valence-corrected chi connectivity index (χ2v) is 7.62. The van der Waals surface area contributed by atoms with E-state index in [4.69, 9.17) is 0 Å². The highest BCUT2D eigenvalue weighted by Gasteiger charge is 2.39. The highest BCUT2D eigenvalue weighted by Crippen LogP contribution is 2.20. The van der Waals surface area contributed by atoms with E-state index in [1.165, 1.54) is 26.0 Å². The number of sulfone groups is 1. The van der Waals surface area contributed by atoms with Crippen molar-refractivity contribution >= 4 is 21.7 Å². The molecule has 1 fully saturated rings. The summed E-state index contributed by atoms with van der Waals surface area (Å²) in [6.45, 7) is 2.83. The van der Waals surface area contributed by atoms with Gasteiger partial charge in [0.1, 0.15) is 11.9 Å². The average Bonchev–Trinajstić information content (AvgIpc) is 2.42. The van der Waals surface area contributed by atoms with Gasteiger partial charge in [-0.05, 0) is 37.1 Å². The van der Waals surface area contributed by atoms with Crippen LogP contribution in [0.2, 0.25) is 0 Å². The van der Waals surface area contributed by atoms with Crippen LogP contribution in [0.15, 0.2) is 12.1 Å². The third-order valence-corrected chi connectivity index (χ3v) is 5.29. The van der Waals surface area contributed by atoms with Gasteiger partial charge in [0.2, 0.25) is 0 Å². The molecule has 2 rings (SSSR count). The lowest BCUT2D eigenvalue weighted by Gasteiger charge is -2.32. The first-order valence-electron chi connectivity index (χ1n) is 6.63. The van der Waals surface area contributed by atoms with Crippen molar-refractivity contribution < 1.29 is 27.5 Å². The van der Waals surface area contributed by atoms with Crippen molar-refractivity contribution in [2.75, 3.05) is 18.1 Å². The van der Waals surface area contributed by atoms with E-state index in [0.717, 1.165) is 4.90 Å². The molecule has 1 aliphatic heterocycles. The zero-order valence-electron chi connectivity index (χ0n) is 12.2.